The zero-order chi connectivity index (χ0) is 12.0. The first-order valence-corrected chi connectivity index (χ1v) is 6.80. The molecule has 96 valence electrons. The molecule has 1 aliphatic heterocycles. The van der Waals surface area contributed by atoms with Gasteiger partial charge in [0.2, 0.25) is 0 Å². The molecule has 0 aromatic carbocycles. The molecule has 1 N–H and O–H groups in total. The van der Waals surface area contributed by atoms with E-state index in [2.05, 4.69) is 30.6 Å². The Morgan fingerprint density at radius 1 is 0.938 bits per heavy atom. The highest BCUT2D eigenvalue weighted by atomic mass is 16.3. The van der Waals surface area contributed by atoms with E-state index in [9.17, 15) is 5.11 Å². The van der Waals surface area contributed by atoms with Crippen LogP contribution >= 0.6 is 0 Å². The smallest absolute Gasteiger partial charge is 0.0768 e. The maximum Gasteiger partial charge on any atom is 0.0768 e. The summed E-state index contributed by atoms with van der Waals surface area (Å²) < 4.78 is 0. The molecule has 1 saturated heterocycles. The Kier molecular flexibility index (Phi) is 5.73. The Bertz CT molecular complexity index is 192. The van der Waals surface area contributed by atoms with Gasteiger partial charge in [-0.15, -0.1) is 0 Å². The van der Waals surface area contributed by atoms with Crippen LogP contribution in [0.25, 0.3) is 0 Å². The van der Waals surface area contributed by atoms with E-state index in [1.807, 2.05) is 0 Å². The summed E-state index contributed by atoms with van der Waals surface area (Å²) in [4.78, 5) is 4.93. The third-order valence-electron chi connectivity index (χ3n) is 3.96. The average molecular weight is 228 g/mol. The van der Waals surface area contributed by atoms with Crippen LogP contribution in [0.3, 0.4) is 0 Å². The van der Waals surface area contributed by atoms with Crippen molar-refractivity contribution in [1.82, 2.24) is 9.80 Å². The molecule has 16 heavy (non-hydrogen) atoms. The second-order valence-corrected chi connectivity index (χ2v) is 5.00. The normalized spacial score (nSPS) is 21.0. The van der Waals surface area contributed by atoms with E-state index in [1.54, 1.807) is 0 Å². The molecule has 1 aliphatic rings. The summed E-state index contributed by atoms with van der Waals surface area (Å²) in [6, 6.07) is 0. The minimum atomic E-state index is -0.471. The summed E-state index contributed by atoms with van der Waals surface area (Å²) >= 11 is 0. The quantitative estimate of drug-likeness (QED) is 0.774. The number of rotatable bonds is 5. The van der Waals surface area contributed by atoms with Crippen molar-refractivity contribution in [3.8, 4) is 0 Å². The molecule has 1 fully saturated rings. The molecular formula is C13H28N2O. The molecule has 1 rings (SSSR count). The third-order valence-corrected chi connectivity index (χ3v) is 3.96. The van der Waals surface area contributed by atoms with Gasteiger partial charge in [0.15, 0.2) is 0 Å². The molecule has 0 aliphatic carbocycles. The fraction of sp³-hybridized carbons (Fsp3) is 1.00. The molecule has 0 aromatic rings. The largest absolute Gasteiger partial charge is 0.389 e. The van der Waals surface area contributed by atoms with Crippen molar-refractivity contribution in [2.24, 2.45) is 0 Å². The zero-order valence-corrected chi connectivity index (χ0v) is 11.2. The summed E-state index contributed by atoms with van der Waals surface area (Å²) in [7, 11) is 0. The lowest BCUT2D eigenvalue weighted by Gasteiger charge is -2.32. The highest BCUT2D eigenvalue weighted by molar-refractivity contribution is 4.81. The number of β-amino-alcohol motifs (C(OH)–C–C–N with tert-alkyl or cyclic N) is 1. The van der Waals surface area contributed by atoms with E-state index in [1.165, 1.54) is 13.0 Å². The molecule has 3 nitrogen and oxygen atoms in total. The first-order chi connectivity index (χ1) is 7.63. The van der Waals surface area contributed by atoms with Crippen LogP contribution in [0.2, 0.25) is 0 Å². The maximum absolute atomic E-state index is 10.3. The minimum Gasteiger partial charge on any atom is -0.389 e. The van der Waals surface area contributed by atoms with Gasteiger partial charge in [-0.25, -0.2) is 0 Å². The Labute approximate surface area is 100 Å². The van der Waals surface area contributed by atoms with Crippen LogP contribution in [-0.2, 0) is 0 Å². The Balaban J connectivity index is 2.42. The predicted octanol–water partition coefficient (Wildman–Crippen LogP) is 1.57. The van der Waals surface area contributed by atoms with Crippen molar-refractivity contribution in [1.29, 1.82) is 0 Å². The number of hydrogen-bond acceptors (Lipinski definition) is 3. The lowest BCUT2D eigenvalue weighted by Crippen LogP contribution is -2.43. The lowest BCUT2D eigenvalue weighted by atomic mass is 9.97. The molecule has 0 aromatic heterocycles. The average Bonchev–Trinajstić information content (AvgIpc) is 2.54. The van der Waals surface area contributed by atoms with Crippen molar-refractivity contribution >= 4 is 0 Å². The number of hydrogen-bond donors (Lipinski definition) is 1. The predicted molar refractivity (Wildman–Crippen MR) is 68.7 cm³/mol. The summed E-state index contributed by atoms with van der Waals surface area (Å²) in [5.74, 6) is 0. The molecule has 1 heterocycles. The molecule has 0 spiro atoms. The zero-order valence-electron chi connectivity index (χ0n) is 11.2. The second-order valence-electron chi connectivity index (χ2n) is 5.00. The van der Waals surface area contributed by atoms with Crippen molar-refractivity contribution in [2.45, 2.75) is 45.6 Å². The summed E-state index contributed by atoms with van der Waals surface area (Å²) in [5, 5.41) is 10.3. The summed E-state index contributed by atoms with van der Waals surface area (Å²) in [6.07, 6.45) is 2.95. The molecular weight excluding hydrogens is 200 g/mol. The molecule has 3 heteroatoms. The highest BCUT2D eigenvalue weighted by Crippen LogP contribution is 2.17. The Hall–Kier alpha value is -0.120. The Morgan fingerprint density at radius 2 is 1.50 bits per heavy atom. The fourth-order valence-corrected chi connectivity index (χ4v) is 2.39. The van der Waals surface area contributed by atoms with Crippen molar-refractivity contribution in [3.05, 3.63) is 0 Å². The number of aliphatic hydroxyl groups is 1. The molecule has 0 atom stereocenters. The van der Waals surface area contributed by atoms with Gasteiger partial charge in [0.05, 0.1) is 5.60 Å². The molecule has 0 unspecified atom stereocenters. The van der Waals surface area contributed by atoms with Crippen LogP contribution in [0.15, 0.2) is 0 Å². The van der Waals surface area contributed by atoms with Gasteiger partial charge in [-0.05, 0) is 38.9 Å². The monoisotopic (exact) mass is 228 g/mol. The molecule has 0 bridgehead atoms. The van der Waals surface area contributed by atoms with Gasteiger partial charge in [0, 0.05) is 19.6 Å². The van der Waals surface area contributed by atoms with E-state index >= 15 is 0 Å². The van der Waals surface area contributed by atoms with Gasteiger partial charge in [0.1, 0.15) is 0 Å². The third kappa shape index (κ3) is 4.04. The van der Waals surface area contributed by atoms with Crippen LogP contribution in [0.4, 0.5) is 0 Å². The van der Waals surface area contributed by atoms with Crippen LogP contribution < -0.4 is 0 Å². The van der Waals surface area contributed by atoms with E-state index in [0.29, 0.717) is 0 Å². The standard InChI is InChI=1S/C13H28N2O/c1-4-13(16,5-2)12-15-9-7-8-14(6-3)10-11-15/h16H,4-12H2,1-3H3. The van der Waals surface area contributed by atoms with E-state index < -0.39 is 5.60 Å². The van der Waals surface area contributed by atoms with Crippen LogP contribution in [-0.4, -0.2) is 59.8 Å². The Morgan fingerprint density at radius 3 is 2.06 bits per heavy atom. The first kappa shape index (κ1) is 13.9. The molecule has 0 saturated carbocycles. The lowest BCUT2D eigenvalue weighted by molar-refractivity contribution is -0.00232. The van der Waals surface area contributed by atoms with Gasteiger partial charge >= 0.3 is 0 Å². The van der Waals surface area contributed by atoms with Gasteiger partial charge in [-0.3, -0.25) is 4.90 Å². The van der Waals surface area contributed by atoms with Crippen LogP contribution in [0.5, 0.6) is 0 Å². The number of nitrogens with zero attached hydrogens (tertiary/aromatic N) is 2. The summed E-state index contributed by atoms with van der Waals surface area (Å²) in [5.41, 5.74) is -0.471. The fourth-order valence-electron chi connectivity index (χ4n) is 2.39. The van der Waals surface area contributed by atoms with Crippen molar-refractivity contribution < 1.29 is 5.11 Å². The minimum absolute atomic E-state index is 0.471. The van der Waals surface area contributed by atoms with E-state index in [4.69, 9.17) is 0 Å². The SMILES string of the molecule is CCN1CCCN(CC(O)(CC)CC)CC1. The van der Waals surface area contributed by atoms with Crippen molar-refractivity contribution in [3.63, 3.8) is 0 Å². The van der Waals surface area contributed by atoms with E-state index in [0.717, 1.165) is 45.6 Å². The second kappa shape index (κ2) is 6.58. The van der Waals surface area contributed by atoms with Gasteiger partial charge < -0.3 is 10.0 Å². The van der Waals surface area contributed by atoms with Gasteiger partial charge in [-0.1, -0.05) is 20.8 Å². The molecule has 0 amide bonds. The molecule has 0 radical (unpaired) electrons. The van der Waals surface area contributed by atoms with Crippen molar-refractivity contribution in [2.75, 3.05) is 39.3 Å². The highest BCUT2D eigenvalue weighted by Gasteiger charge is 2.26. The van der Waals surface area contributed by atoms with Crippen LogP contribution in [0.1, 0.15) is 40.0 Å². The summed E-state index contributed by atoms with van der Waals surface area (Å²) in [6.45, 7) is 13.0. The van der Waals surface area contributed by atoms with Gasteiger partial charge in [-0.2, -0.15) is 0 Å². The van der Waals surface area contributed by atoms with E-state index in [-0.39, 0.29) is 0 Å². The number of likely N-dealkylation sites (N-methyl/N-ethyl adjacent to an activating group) is 1. The van der Waals surface area contributed by atoms with Gasteiger partial charge in [0.25, 0.3) is 0 Å². The van der Waals surface area contributed by atoms with Crippen LogP contribution in [0, 0.1) is 0 Å². The first-order valence-electron chi connectivity index (χ1n) is 6.80. The maximum atomic E-state index is 10.3. The topological polar surface area (TPSA) is 26.7 Å².